The number of rotatable bonds is 9. The molecule has 1 aromatic carbocycles. The van der Waals surface area contributed by atoms with Crippen LogP contribution in [0.5, 0.6) is 0 Å². The summed E-state index contributed by atoms with van der Waals surface area (Å²) >= 11 is 0. The summed E-state index contributed by atoms with van der Waals surface area (Å²) in [5.74, 6) is 0. The number of hydrogen-bond acceptors (Lipinski definition) is 8. The molecule has 0 saturated heterocycles. The van der Waals surface area contributed by atoms with Gasteiger partial charge in [-0.3, -0.25) is 25.6 Å². The first kappa shape index (κ1) is 21.4. The van der Waals surface area contributed by atoms with Gasteiger partial charge in [0.25, 0.3) is 0 Å². The third kappa shape index (κ3) is 7.01. The molecule has 3 N–H and O–H groups in total. The zero-order valence-corrected chi connectivity index (χ0v) is 16.0. The predicted molar refractivity (Wildman–Crippen MR) is 98.9 cm³/mol. The molecule has 0 aliphatic heterocycles. The average Bonchev–Trinajstić information content (AvgIpc) is 2.50. The van der Waals surface area contributed by atoms with Crippen LogP contribution in [0.1, 0.15) is 34.6 Å². The third-order valence-corrected chi connectivity index (χ3v) is 4.84. The first-order chi connectivity index (χ1) is 11.7. The van der Waals surface area contributed by atoms with Crippen molar-refractivity contribution in [2.75, 3.05) is 17.2 Å². The molecule has 0 heterocycles. The Balaban J connectivity index is 2.93. The highest BCUT2D eigenvalue weighted by Gasteiger charge is 2.35. The van der Waals surface area contributed by atoms with E-state index in [2.05, 4.69) is 15.8 Å². The van der Waals surface area contributed by atoms with Crippen molar-refractivity contribution in [2.24, 2.45) is 4.99 Å². The van der Waals surface area contributed by atoms with Crippen LogP contribution >= 0.6 is 7.60 Å². The molecule has 10 heteroatoms. The number of anilines is 2. The Hall–Kier alpha value is -1.64. The van der Waals surface area contributed by atoms with Gasteiger partial charge in [-0.2, -0.15) is 0 Å². The highest BCUT2D eigenvalue weighted by molar-refractivity contribution is 7.72. The van der Waals surface area contributed by atoms with Gasteiger partial charge in [0.2, 0.25) is 5.58 Å². The number of hydrazine groups is 1. The summed E-state index contributed by atoms with van der Waals surface area (Å²) in [4.78, 5) is 4.19. The van der Waals surface area contributed by atoms with Gasteiger partial charge in [-0.1, -0.05) is 0 Å². The molecule has 0 aromatic heterocycles. The van der Waals surface area contributed by atoms with Crippen molar-refractivity contribution in [3.8, 4) is 0 Å². The van der Waals surface area contributed by atoms with E-state index < -0.39 is 7.60 Å². The van der Waals surface area contributed by atoms with Gasteiger partial charge in [-0.05, 0) is 58.9 Å². The molecule has 0 aliphatic carbocycles. The molecule has 9 nitrogen and oxygen atoms in total. The number of nitrogens with one attached hydrogen (secondary N) is 2. The molecule has 1 rings (SSSR count). The average molecular weight is 373 g/mol. The Morgan fingerprint density at radius 2 is 1.76 bits per heavy atom. The Kier molecular flexibility index (Phi) is 8.34. The van der Waals surface area contributed by atoms with Crippen LogP contribution in [-0.4, -0.2) is 29.5 Å². The molecule has 0 aliphatic rings. The molecular formula is C15H26N4O5P-. The van der Waals surface area contributed by atoms with E-state index in [0.29, 0.717) is 12.2 Å². The maximum Gasteiger partial charge on any atom is 0.397 e. The van der Waals surface area contributed by atoms with Crippen molar-refractivity contribution in [3.05, 3.63) is 29.5 Å². The highest BCUT2D eigenvalue weighted by atomic mass is 31.2. The van der Waals surface area contributed by atoms with E-state index in [1.54, 1.807) is 46.8 Å². The summed E-state index contributed by atoms with van der Waals surface area (Å²) in [6, 6.07) is 5.96. The van der Waals surface area contributed by atoms with Crippen molar-refractivity contribution in [1.29, 1.82) is 0 Å². The maximum atomic E-state index is 13.1. The van der Waals surface area contributed by atoms with E-state index in [1.165, 1.54) is 12.1 Å². The molecule has 0 unspecified atom stereocenters. The molecule has 0 saturated carbocycles. The minimum absolute atomic E-state index is 0.0640. The summed E-state index contributed by atoms with van der Waals surface area (Å²) in [7, 11) is -3.64. The van der Waals surface area contributed by atoms with Crippen LogP contribution in [0.15, 0.2) is 29.3 Å². The summed E-state index contributed by atoms with van der Waals surface area (Å²) in [5.41, 5.74) is 6.32. The second-order valence-electron chi connectivity index (χ2n) is 5.67. The van der Waals surface area contributed by atoms with Gasteiger partial charge < -0.3 is 19.5 Å². The standard InChI is InChI=1S/C15H26N4O5P/c1-6-16-15(25(22,23-11(2)3)24-12(4)5)18-17-13-7-9-14(10-8-13)19(20)21/h7-12,17,20H,6H2,1-5H3,(H,16,18)/q-1. The van der Waals surface area contributed by atoms with Crippen LogP contribution in [0, 0.1) is 5.21 Å². The summed E-state index contributed by atoms with van der Waals surface area (Å²) in [6.45, 7) is 9.22. The quantitative estimate of drug-likeness (QED) is 0.259. The van der Waals surface area contributed by atoms with Crippen molar-refractivity contribution in [2.45, 2.75) is 46.8 Å². The Morgan fingerprint density at radius 1 is 1.24 bits per heavy atom. The normalized spacial score (nSPS) is 12.6. The van der Waals surface area contributed by atoms with Gasteiger partial charge in [0.1, 0.15) is 0 Å². The van der Waals surface area contributed by atoms with Gasteiger partial charge in [0, 0.05) is 6.54 Å². The monoisotopic (exact) mass is 373 g/mol. The zero-order valence-electron chi connectivity index (χ0n) is 15.1. The van der Waals surface area contributed by atoms with Crippen molar-refractivity contribution < 1.29 is 18.8 Å². The first-order valence-corrected chi connectivity index (χ1v) is 9.52. The lowest BCUT2D eigenvalue weighted by Gasteiger charge is -2.25. The molecular weight excluding hydrogens is 347 g/mol. The Labute approximate surface area is 148 Å². The summed E-state index contributed by atoms with van der Waals surface area (Å²) in [5, 5.41) is 19.4. The van der Waals surface area contributed by atoms with Crippen LogP contribution in [0.3, 0.4) is 0 Å². The molecule has 0 spiro atoms. The zero-order chi connectivity index (χ0) is 19.0. The van der Waals surface area contributed by atoms with Crippen LogP contribution in [0.2, 0.25) is 0 Å². The predicted octanol–water partition coefficient (Wildman–Crippen LogP) is 3.72. The van der Waals surface area contributed by atoms with Crippen LogP contribution < -0.4 is 16.1 Å². The number of benzene rings is 1. The van der Waals surface area contributed by atoms with Gasteiger partial charge in [0.05, 0.1) is 23.6 Å². The number of hydrogen-bond donors (Lipinski definition) is 3. The summed E-state index contributed by atoms with van der Waals surface area (Å²) in [6.07, 6.45) is -0.638. The van der Waals surface area contributed by atoms with E-state index in [0.717, 1.165) is 0 Å². The number of aliphatic imine (C=N–C) groups is 1. The molecule has 0 radical (unpaired) electrons. The lowest BCUT2D eigenvalue weighted by atomic mass is 10.3. The second-order valence-corrected chi connectivity index (χ2v) is 7.51. The molecule has 0 fully saturated rings. The van der Waals surface area contributed by atoms with Crippen LogP contribution in [-0.2, 0) is 13.6 Å². The van der Waals surface area contributed by atoms with Crippen LogP contribution in [0.25, 0.3) is 0 Å². The van der Waals surface area contributed by atoms with E-state index >= 15 is 0 Å². The van der Waals surface area contributed by atoms with Gasteiger partial charge >= 0.3 is 7.60 Å². The largest absolute Gasteiger partial charge is 0.733 e. The minimum Gasteiger partial charge on any atom is -0.733 e. The molecule has 25 heavy (non-hydrogen) atoms. The fraction of sp³-hybridized carbons (Fsp3) is 0.533. The maximum absolute atomic E-state index is 13.1. The van der Waals surface area contributed by atoms with Crippen molar-refractivity contribution >= 4 is 24.5 Å². The molecule has 142 valence electrons. The highest BCUT2D eigenvalue weighted by Crippen LogP contribution is 2.51. The lowest BCUT2D eigenvalue weighted by Crippen LogP contribution is -2.32. The Bertz CT molecular complexity index is 590. The molecule has 0 bridgehead atoms. The van der Waals surface area contributed by atoms with Gasteiger partial charge in [-0.15, -0.1) is 0 Å². The fourth-order valence-corrected chi connectivity index (χ4v) is 3.69. The minimum atomic E-state index is -3.64. The van der Waals surface area contributed by atoms with Gasteiger partial charge in [-0.25, -0.2) is 0 Å². The lowest BCUT2D eigenvalue weighted by molar-refractivity contribution is 0.151. The third-order valence-electron chi connectivity index (χ3n) is 2.67. The number of nitrogens with zero attached hydrogens (tertiary/aromatic N) is 2. The first-order valence-electron chi connectivity index (χ1n) is 7.98. The van der Waals surface area contributed by atoms with E-state index in [4.69, 9.17) is 14.3 Å². The van der Waals surface area contributed by atoms with E-state index in [-0.39, 0.29) is 28.7 Å². The molecule has 0 atom stereocenters. The molecule has 0 amide bonds. The fourth-order valence-electron chi connectivity index (χ4n) is 1.82. The summed E-state index contributed by atoms with van der Waals surface area (Å²) < 4.78 is 24.2. The van der Waals surface area contributed by atoms with Crippen LogP contribution in [0.4, 0.5) is 11.4 Å². The SMILES string of the molecule is CCN=C(NNc1ccc(N([O-])O)cc1)P(=O)(OC(C)C)OC(C)C. The second kappa shape index (κ2) is 9.74. The van der Waals surface area contributed by atoms with Crippen molar-refractivity contribution in [1.82, 2.24) is 5.43 Å². The van der Waals surface area contributed by atoms with E-state index in [9.17, 15) is 9.77 Å². The smallest absolute Gasteiger partial charge is 0.397 e. The topological polar surface area (TPSA) is 118 Å². The van der Waals surface area contributed by atoms with Gasteiger partial charge in [0.15, 0.2) is 0 Å². The Morgan fingerprint density at radius 3 is 2.16 bits per heavy atom. The number of amidine groups is 1. The molecule has 1 aromatic rings. The van der Waals surface area contributed by atoms with E-state index in [1.807, 2.05) is 0 Å². The van der Waals surface area contributed by atoms with Crippen molar-refractivity contribution in [3.63, 3.8) is 0 Å².